The first-order valence-electron chi connectivity index (χ1n) is 3.27. The molecule has 68 valence electrons. The van der Waals surface area contributed by atoms with Crippen molar-refractivity contribution in [1.29, 1.82) is 0 Å². The van der Waals surface area contributed by atoms with Crippen LogP contribution in [0.3, 0.4) is 0 Å². The lowest BCUT2D eigenvalue weighted by Crippen LogP contribution is -2.07. The van der Waals surface area contributed by atoms with Gasteiger partial charge >= 0.3 is 6.18 Å². The fraction of sp³-hybridized carbons (Fsp3) is 1.00. The molecule has 0 radical (unpaired) electrons. The molecule has 0 aromatic heterocycles. The van der Waals surface area contributed by atoms with Crippen molar-refractivity contribution in [2.45, 2.75) is 19.0 Å². The zero-order chi connectivity index (χ0) is 8.74. The Labute approximate surface area is 73.5 Å². The molecule has 0 aromatic rings. The van der Waals surface area contributed by atoms with E-state index in [1.54, 1.807) is 0 Å². The standard InChI is InChI=1S/C6H10ClF3S/c7-3-5-11-4-1-2-6(8,9)10/h1-5H2. The number of hydrogen-bond acceptors (Lipinski definition) is 1. The maximum Gasteiger partial charge on any atom is 0.389 e. The van der Waals surface area contributed by atoms with Crippen LogP contribution in [0.4, 0.5) is 13.2 Å². The van der Waals surface area contributed by atoms with Gasteiger partial charge in [0.2, 0.25) is 0 Å². The molecule has 0 fully saturated rings. The minimum Gasteiger partial charge on any atom is -0.171 e. The van der Waals surface area contributed by atoms with Gasteiger partial charge in [-0.3, -0.25) is 0 Å². The molecule has 0 aliphatic carbocycles. The number of rotatable bonds is 5. The molecule has 0 nitrogen and oxygen atoms in total. The van der Waals surface area contributed by atoms with Crippen molar-refractivity contribution in [3.05, 3.63) is 0 Å². The SMILES string of the molecule is FC(F)(F)CCCSCCCl. The quantitative estimate of drug-likeness (QED) is 0.491. The van der Waals surface area contributed by atoms with Crippen molar-refractivity contribution in [3.63, 3.8) is 0 Å². The smallest absolute Gasteiger partial charge is 0.171 e. The third-order valence-corrected chi connectivity index (χ3v) is 2.45. The molecule has 0 spiro atoms. The van der Waals surface area contributed by atoms with Crippen LogP contribution in [0.1, 0.15) is 12.8 Å². The fourth-order valence-electron chi connectivity index (χ4n) is 0.531. The number of hydrogen-bond donors (Lipinski definition) is 0. The molecule has 0 atom stereocenters. The summed E-state index contributed by atoms with van der Waals surface area (Å²) in [6.45, 7) is 0. The summed E-state index contributed by atoms with van der Waals surface area (Å²) in [5.74, 6) is 1.79. The van der Waals surface area contributed by atoms with Crippen molar-refractivity contribution in [3.8, 4) is 0 Å². The van der Waals surface area contributed by atoms with E-state index in [2.05, 4.69) is 0 Å². The van der Waals surface area contributed by atoms with Crippen molar-refractivity contribution in [2.75, 3.05) is 17.4 Å². The van der Waals surface area contributed by atoms with Gasteiger partial charge in [0.25, 0.3) is 0 Å². The van der Waals surface area contributed by atoms with Crippen molar-refractivity contribution in [1.82, 2.24) is 0 Å². The summed E-state index contributed by atoms with van der Waals surface area (Å²) < 4.78 is 34.6. The number of halogens is 4. The summed E-state index contributed by atoms with van der Waals surface area (Å²) in [4.78, 5) is 0. The van der Waals surface area contributed by atoms with Gasteiger partial charge in [0.15, 0.2) is 0 Å². The first-order chi connectivity index (χ1) is 5.06. The van der Waals surface area contributed by atoms with E-state index in [0.29, 0.717) is 11.6 Å². The van der Waals surface area contributed by atoms with E-state index in [1.165, 1.54) is 11.8 Å². The number of alkyl halides is 4. The predicted octanol–water partition coefficient (Wildman–Crippen LogP) is 3.30. The summed E-state index contributed by atoms with van der Waals surface area (Å²) in [7, 11) is 0. The Morgan fingerprint density at radius 2 is 1.82 bits per heavy atom. The molecule has 0 unspecified atom stereocenters. The van der Waals surface area contributed by atoms with E-state index >= 15 is 0 Å². The average Bonchev–Trinajstić information content (AvgIpc) is 1.85. The maximum atomic E-state index is 11.5. The van der Waals surface area contributed by atoms with Gasteiger partial charge in [-0.05, 0) is 12.2 Å². The van der Waals surface area contributed by atoms with E-state index in [1.807, 2.05) is 0 Å². The third-order valence-electron chi connectivity index (χ3n) is 0.970. The van der Waals surface area contributed by atoms with Crippen LogP contribution in [0.25, 0.3) is 0 Å². The Kier molecular flexibility index (Phi) is 6.24. The molecule has 11 heavy (non-hydrogen) atoms. The first-order valence-corrected chi connectivity index (χ1v) is 4.95. The van der Waals surface area contributed by atoms with Gasteiger partial charge in [0.05, 0.1) is 0 Å². The summed E-state index contributed by atoms with van der Waals surface area (Å²) in [6.07, 6.45) is -4.48. The highest BCUT2D eigenvalue weighted by atomic mass is 35.5. The molecule has 0 rings (SSSR count). The van der Waals surface area contributed by atoms with Crippen LogP contribution in [-0.2, 0) is 0 Å². The Morgan fingerprint density at radius 3 is 2.27 bits per heavy atom. The molecule has 5 heteroatoms. The highest BCUT2D eigenvalue weighted by Crippen LogP contribution is 2.22. The van der Waals surface area contributed by atoms with Crippen LogP contribution < -0.4 is 0 Å². The summed E-state index contributed by atoms with van der Waals surface area (Å²) >= 11 is 6.79. The lowest BCUT2D eigenvalue weighted by atomic mass is 10.3. The largest absolute Gasteiger partial charge is 0.389 e. The minimum absolute atomic E-state index is 0.199. The van der Waals surface area contributed by atoms with Gasteiger partial charge < -0.3 is 0 Å². The van der Waals surface area contributed by atoms with Crippen molar-refractivity contribution >= 4 is 23.4 Å². The van der Waals surface area contributed by atoms with Gasteiger partial charge in [-0.15, -0.1) is 11.6 Å². The molecule has 0 aliphatic rings. The topological polar surface area (TPSA) is 0 Å². The zero-order valence-corrected chi connectivity index (χ0v) is 7.53. The molecule has 0 heterocycles. The zero-order valence-electron chi connectivity index (χ0n) is 5.96. The van der Waals surface area contributed by atoms with Gasteiger partial charge in [-0.25, -0.2) is 0 Å². The summed E-state index contributed by atoms with van der Waals surface area (Å²) in [5, 5.41) is 0. The van der Waals surface area contributed by atoms with Crippen molar-refractivity contribution in [2.24, 2.45) is 0 Å². The van der Waals surface area contributed by atoms with E-state index in [0.717, 1.165) is 5.75 Å². The van der Waals surface area contributed by atoms with Crippen LogP contribution in [-0.4, -0.2) is 23.6 Å². The van der Waals surface area contributed by atoms with Gasteiger partial charge in [-0.2, -0.15) is 24.9 Å². The van der Waals surface area contributed by atoms with Gasteiger partial charge in [0, 0.05) is 18.1 Å². The summed E-state index contributed by atoms with van der Waals surface area (Å²) in [5.41, 5.74) is 0. The molecule has 0 N–H and O–H groups in total. The third kappa shape index (κ3) is 10.4. The molecular weight excluding hydrogens is 197 g/mol. The highest BCUT2D eigenvalue weighted by molar-refractivity contribution is 7.99. The molecule has 0 bridgehead atoms. The molecule has 0 aromatic carbocycles. The Hall–Kier alpha value is 0.430. The second-order valence-electron chi connectivity index (χ2n) is 2.02. The molecular formula is C6H10ClF3S. The van der Waals surface area contributed by atoms with E-state index in [9.17, 15) is 13.2 Å². The molecule has 0 saturated heterocycles. The van der Waals surface area contributed by atoms with Crippen LogP contribution >= 0.6 is 23.4 Å². The number of thioether (sulfide) groups is 1. The Morgan fingerprint density at radius 1 is 1.18 bits per heavy atom. The van der Waals surface area contributed by atoms with Crippen molar-refractivity contribution < 1.29 is 13.2 Å². The van der Waals surface area contributed by atoms with Gasteiger partial charge in [-0.1, -0.05) is 0 Å². The van der Waals surface area contributed by atoms with Crippen LogP contribution in [0, 0.1) is 0 Å². The highest BCUT2D eigenvalue weighted by Gasteiger charge is 2.25. The molecule has 0 saturated carbocycles. The maximum absolute atomic E-state index is 11.5. The fourth-order valence-corrected chi connectivity index (χ4v) is 1.52. The lowest BCUT2D eigenvalue weighted by Gasteiger charge is -2.04. The van der Waals surface area contributed by atoms with E-state index in [-0.39, 0.29) is 6.42 Å². The first kappa shape index (κ1) is 11.4. The van der Waals surface area contributed by atoms with Crippen LogP contribution in [0.2, 0.25) is 0 Å². The average molecular weight is 207 g/mol. The summed E-state index contributed by atoms with van der Waals surface area (Å²) in [6, 6.07) is 0. The Bertz CT molecular complexity index is 94.3. The Balaban J connectivity index is 3.02. The molecule has 0 amide bonds. The van der Waals surface area contributed by atoms with E-state index < -0.39 is 12.6 Å². The van der Waals surface area contributed by atoms with E-state index in [4.69, 9.17) is 11.6 Å². The minimum atomic E-state index is -4.00. The van der Waals surface area contributed by atoms with Crippen LogP contribution in [0.15, 0.2) is 0 Å². The lowest BCUT2D eigenvalue weighted by molar-refractivity contribution is -0.134. The molecule has 0 aliphatic heterocycles. The van der Waals surface area contributed by atoms with Gasteiger partial charge in [0.1, 0.15) is 0 Å². The second-order valence-corrected chi connectivity index (χ2v) is 3.62. The monoisotopic (exact) mass is 206 g/mol. The normalized spacial score (nSPS) is 12.0. The predicted molar refractivity (Wildman–Crippen MR) is 43.3 cm³/mol. The second kappa shape index (κ2) is 6.00. The van der Waals surface area contributed by atoms with Crippen LogP contribution in [0.5, 0.6) is 0 Å².